The molecule has 2 rings (SSSR count). The molecule has 1 aromatic carbocycles. The third-order valence-electron chi connectivity index (χ3n) is 2.75. The number of rotatable bonds is 2. The van der Waals surface area contributed by atoms with Crippen LogP contribution in [0.1, 0.15) is 0 Å². The Morgan fingerprint density at radius 1 is 1.35 bits per heavy atom. The molecule has 0 saturated carbocycles. The lowest BCUT2D eigenvalue weighted by molar-refractivity contribution is -0.130. The van der Waals surface area contributed by atoms with Gasteiger partial charge in [-0.3, -0.25) is 0 Å². The van der Waals surface area contributed by atoms with Crippen LogP contribution in [0.2, 0.25) is 10.0 Å². The van der Waals surface area contributed by atoms with Gasteiger partial charge in [0.15, 0.2) is 11.4 Å². The number of anilines is 1. The van der Waals surface area contributed by atoms with Crippen LogP contribution in [0.4, 0.5) is 18.9 Å². The first-order chi connectivity index (χ1) is 10.6. The Morgan fingerprint density at radius 2 is 1.91 bits per heavy atom. The van der Waals surface area contributed by atoms with E-state index < -0.39 is 30.1 Å². The standard InChI is InChI=1S/C13H10Cl2F3N3O2/c1-21-4-9(20-10(5-21)13(16,17)18)12(22)23-11-7(14)2-6(19)3-8(11)15/h2-4H,5,19H2,1H3. The monoisotopic (exact) mass is 367 g/mol. The zero-order valence-electron chi connectivity index (χ0n) is 11.6. The molecule has 1 aliphatic heterocycles. The number of halogens is 5. The van der Waals surface area contributed by atoms with E-state index in [4.69, 9.17) is 33.7 Å². The predicted octanol–water partition coefficient (Wildman–Crippen LogP) is 3.27. The molecule has 0 aliphatic carbocycles. The van der Waals surface area contributed by atoms with Gasteiger partial charge in [0.1, 0.15) is 5.71 Å². The number of ether oxygens (including phenoxy) is 1. The summed E-state index contributed by atoms with van der Waals surface area (Å²) in [6, 6.07) is 2.59. The minimum atomic E-state index is -4.65. The normalized spacial score (nSPS) is 15.1. The molecule has 0 radical (unpaired) electrons. The Morgan fingerprint density at radius 3 is 2.43 bits per heavy atom. The van der Waals surface area contributed by atoms with Crippen molar-refractivity contribution in [3.8, 4) is 5.75 Å². The molecule has 10 heteroatoms. The van der Waals surface area contributed by atoms with Crippen LogP contribution >= 0.6 is 23.2 Å². The quantitative estimate of drug-likeness (QED) is 0.494. The predicted molar refractivity (Wildman–Crippen MR) is 80.7 cm³/mol. The van der Waals surface area contributed by atoms with Crippen molar-refractivity contribution < 1.29 is 22.7 Å². The fraction of sp³-hybridized carbons (Fsp3) is 0.231. The number of benzene rings is 1. The van der Waals surface area contributed by atoms with Gasteiger partial charge in [-0.2, -0.15) is 13.2 Å². The number of nitrogens with zero attached hydrogens (tertiary/aromatic N) is 2. The molecule has 124 valence electrons. The summed E-state index contributed by atoms with van der Waals surface area (Å²) in [6.07, 6.45) is -3.51. The van der Waals surface area contributed by atoms with E-state index in [0.717, 1.165) is 6.20 Å². The van der Waals surface area contributed by atoms with Crippen molar-refractivity contribution in [1.29, 1.82) is 0 Å². The number of carbonyl (C=O) groups is 1. The van der Waals surface area contributed by atoms with Crippen molar-refractivity contribution >= 4 is 40.6 Å². The van der Waals surface area contributed by atoms with Crippen LogP contribution in [0.3, 0.4) is 0 Å². The fourth-order valence-corrected chi connectivity index (χ4v) is 2.35. The molecule has 0 amide bonds. The molecule has 0 unspecified atom stereocenters. The molecule has 0 bridgehead atoms. The summed E-state index contributed by atoms with van der Waals surface area (Å²) in [4.78, 5) is 16.5. The lowest BCUT2D eigenvalue weighted by Crippen LogP contribution is -2.36. The van der Waals surface area contributed by atoms with Gasteiger partial charge in [0.25, 0.3) is 0 Å². The second kappa shape index (κ2) is 6.29. The van der Waals surface area contributed by atoms with Gasteiger partial charge in [-0.15, -0.1) is 0 Å². The highest BCUT2D eigenvalue weighted by atomic mass is 35.5. The molecular formula is C13H10Cl2F3N3O2. The van der Waals surface area contributed by atoms with E-state index in [0.29, 0.717) is 0 Å². The molecule has 0 atom stereocenters. The molecule has 0 aromatic heterocycles. The van der Waals surface area contributed by atoms with Gasteiger partial charge >= 0.3 is 12.1 Å². The van der Waals surface area contributed by atoms with E-state index in [-0.39, 0.29) is 21.5 Å². The highest BCUT2D eigenvalue weighted by Crippen LogP contribution is 2.35. The number of alkyl halides is 3. The molecule has 2 N–H and O–H groups in total. The van der Waals surface area contributed by atoms with Crippen LogP contribution in [0.25, 0.3) is 0 Å². The summed E-state index contributed by atoms with van der Waals surface area (Å²) in [7, 11) is 1.37. The second-order valence-electron chi connectivity index (χ2n) is 4.69. The van der Waals surface area contributed by atoms with Gasteiger partial charge in [-0.05, 0) is 12.1 Å². The number of carbonyl (C=O) groups excluding carboxylic acids is 1. The SMILES string of the molecule is CN1C=C(C(=O)Oc2c(Cl)cc(N)cc2Cl)N=C(C(F)(F)F)C1. The third kappa shape index (κ3) is 4.08. The van der Waals surface area contributed by atoms with Gasteiger partial charge in [0.2, 0.25) is 0 Å². The summed E-state index contributed by atoms with van der Waals surface area (Å²) in [5, 5.41) is -0.0960. The van der Waals surface area contributed by atoms with Gasteiger partial charge in [0, 0.05) is 18.9 Å². The minimum absolute atomic E-state index is 0.0480. The molecule has 0 saturated heterocycles. The smallest absolute Gasteiger partial charge is 0.419 e. The maximum absolute atomic E-state index is 12.8. The van der Waals surface area contributed by atoms with Gasteiger partial charge in [0.05, 0.1) is 16.6 Å². The molecule has 1 heterocycles. The van der Waals surface area contributed by atoms with Crippen molar-refractivity contribution in [3.63, 3.8) is 0 Å². The average Bonchev–Trinajstić information content (AvgIpc) is 2.40. The van der Waals surface area contributed by atoms with Crippen molar-refractivity contribution in [2.45, 2.75) is 6.18 Å². The lowest BCUT2D eigenvalue weighted by Gasteiger charge is -2.22. The van der Waals surface area contributed by atoms with Gasteiger partial charge in [-0.25, -0.2) is 9.79 Å². The van der Waals surface area contributed by atoms with Gasteiger partial charge in [-0.1, -0.05) is 23.2 Å². The number of nitrogens with two attached hydrogens (primary N) is 1. The van der Waals surface area contributed by atoms with Crippen LogP contribution in [0.5, 0.6) is 5.75 Å². The maximum atomic E-state index is 12.8. The number of hydrogen-bond acceptors (Lipinski definition) is 5. The maximum Gasteiger partial charge on any atom is 0.431 e. The highest BCUT2D eigenvalue weighted by molar-refractivity contribution is 6.37. The minimum Gasteiger partial charge on any atom is -0.419 e. The topological polar surface area (TPSA) is 67.9 Å². The van der Waals surface area contributed by atoms with E-state index in [1.165, 1.54) is 24.1 Å². The van der Waals surface area contributed by atoms with Crippen molar-refractivity contribution in [2.24, 2.45) is 4.99 Å². The first-order valence-corrected chi connectivity index (χ1v) is 6.87. The van der Waals surface area contributed by atoms with Gasteiger partial charge < -0.3 is 15.4 Å². The molecule has 23 heavy (non-hydrogen) atoms. The van der Waals surface area contributed by atoms with E-state index in [1.807, 2.05) is 0 Å². The zero-order chi connectivity index (χ0) is 17.4. The molecular weight excluding hydrogens is 358 g/mol. The summed E-state index contributed by atoms with van der Waals surface area (Å²) in [6.45, 7) is -0.469. The summed E-state index contributed by atoms with van der Waals surface area (Å²) in [5.41, 5.74) is 4.13. The molecule has 1 aliphatic rings. The summed E-state index contributed by atoms with van der Waals surface area (Å²) in [5.74, 6) is -1.32. The fourth-order valence-electron chi connectivity index (χ4n) is 1.77. The summed E-state index contributed by atoms with van der Waals surface area (Å²) >= 11 is 11.7. The largest absolute Gasteiger partial charge is 0.431 e. The zero-order valence-corrected chi connectivity index (χ0v) is 13.1. The number of esters is 1. The van der Waals surface area contributed by atoms with Crippen molar-refractivity contribution in [3.05, 3.63) is 34.1 Å². The van der Waals surface area contributed by atoms with Crippen LogP contribution in [-0.2, 0) is 4.79 Å². The number of nitrogen functional groups attached to an aromatic ring is 1. The molecule has 0 fully saturated rings. The third-order valence-corrected chi connectivity index (χ3v) is 3.31. The Labute approximate surface area is 139 Å². The van der Waals surface area contributed by atoms with E-state index in [2.05, 4.69) is 4.99 Å². The first-order valence-electron chi connectivity index (χ1n) is 6.11. The lowest BCUT2D eigenvalue weighted by atomic mass is 10.2. The second-order valence-corrected chi connectivity index (χ2v) is 5.50. The Balaban J connectivity index is 2.29. The molecule has 5 nitrogen and oxygen atoms in total. The van der Waals surface area contributed by atoms with Crippen molar-refractivity contribution in [1.82, 2.24) is 4.90 Å². The number of aliphatic imine (C=N–C) groups is 1. The number of hydrogen-bond donors (Lipinski definition) is 1. The summed E-state index contributed by atoms with van der Waals surface area (Å²) < 4.78 is 43.2. The van der Waals surface area contributed by atoms with Crippen molar-refractivity contribution in [2.75, 3.05) is 19.3 Å². The van der Waals surface area contributed by atoms with Crippen LogP contribution < -0.4 is 10.5 Å². The highest BCUT2D eigenvalue weighted by Gasteiger charge is 2.38. The van der Waals surface area contributed by atoms with E-state index in [1.54, 1.807) is 0 Å². The van der Waals surface area contributed by atoms with Crippen LogP contribution in [0, 0.1) is 0 Å². The Hall–Kier alpha value is -1.93. The van der Waals surface area contributed by atoms with Crippen LogP contribution in [0.15, 0.2) is 29.0 Å². The van der Waals surface area contributed by atoms with E-state index >= 15 is 0 Å². The molecule has 0 spiro atoms. The first kappa shape index (κ1) is 17.4. The Bertz CT molecular complexity index is 694. The average molecular weight is 368 g/mol. The van der Waals surface area contributed by atoms with Crippen LogP contribution in [-0.4, -0.2) is 36.3 Å². The van der Waals surface area contributed by atoms with E-state index in [9.17, 15) is 18.0 Å². The molecule has 1 aromatic rings. The Kier molecular flexibility index (Phi) is 4.76.